The van der Waals surface area contributed by atoms with Crippen LogP contribution in [0.4, 0.5) is 13.2 Å². The molecule has 0 aliphatic rings. The van der Waals surface area contributed by atoms with Crippen molar-refractivity contribution < 1.29 is 27.5 Å². The predicted molar refractivity (Wildman–Crippen MR) is 54.7 cm³/mol. The van der Waals surface area contributed by atoms with E-state index in [1.807, 2.05) is 0 Å². The van der Waals surface area contributed by atoms with Crippen molar-refractivity contribution in [3.05, 3.63) is 29.8 Å². The molecule has 1 rings (SSSR count). The summed E-state index contributed by atoms with van der Waals surface area (Å²) < 4.78 is 39.2. The first-order valence-electron chi connectivity index (χ1n) is 4.32. The Morgan fingerprint density at radius 1 is 1.29 bits per heavy atom. The molecule has 0 saturated carbocycles. The SMILES string of the molecule is CSc1cccc(C(=O)OC(=O)C(F)(F)F)c1. The molecule has 0 atom stereocenters. The van der Waals surface area contributed by atoms with E-state index < -0.39 is 18.1 Å². The molecule has 0 fully saturated rings. The highest BCUT2D eigenvalue weighted by Crippen LogP contribution is 2.19. The number of esters is 2. The van der Waals surface area contributed by atoms with Crippen LogP contribution < -0.4 is 0 Å². The summed E-state index contributed by atoms with van der Waals surface area (Å²) in [6, 6.07) is 5.77. The topological polar surface area (TPSA) is 43.4 Å². The van der Waals surface area contributed by atoms with Gasteiger partial charge in [0.25, 0.3) is 0 Å². The number of carbonyl (C=O) groups is 2. The molecule has 3 nitrogen and oxygen atoms in total. The molecule has 7 heteroatoms. The van der Waals surface area contributed by atoms with Crippen molar-refractivity contribution in [1.82, 2.24) is 0 Å². The molecule has 0 radical (unpaired) electrons. The molecule has 92 valence electrons. The average molecular weight is 264 g/mol. The monoisotopic (exact) mass is 264 g/mol. The van der Waals surface area contributed by atoms with Crippen LogP contribution in [-0.2, 0) is 9.53 Å². The van der Waals surface area contributed by atoms with Gasteiger partial charge in [0.15, 0.2) is 0 Å². The number of thioether (sulfide) groups is 1. The lowest BCUT2D eigenvalue weighted by Crippen LogP contribution is -2.28. The molecule has 0 spiro atoms. The number of hydrogen-bond donors (Lipinski definition) is 0. The highest BCUT2D eigenvalue weighted by atomic mass is 32.2. The van der Waals surface area contributed by atoms with Crippen LogP contribution >= 0.6 is 11.8 Å². The van der Waals surface area contributed by atoms with E-state index in [2.05, 4.69) is 4.74 Å². The summed E-state index contributed by atoms with van der Waals surface area (Å²) in [5.41, 5.74) is -0.102. The zero-order valence-corrected chi connectivity index (χ0v) is 9.39. The van der Waals surface area contributed by atoms with E-state index in [0.717, 1.165) is 0 Å². The van der Waals surface area contributed by atoms with Crippen molar-refractivity contribution in [3.8, 4) is 0 Å². The Labute approximate surface area is 98.9 Å². The Morgan fingerprint density at radius 3 is 2.47 bits per heavy atom. The fourth-order valence-electron chi connectivity index (χ4n) is 0.951. The predicted octanol–water partition coefficient (Wildman–Crippen LogP) is 2.65. The molecule has 1 aromatic rings. The number of alkyl halides is 3. The van der Waals surface area contributed by atoms with Crippen LogP contribution in [0.3, 0.4) is 0 Å². The molecule has 17 heavy (non-hydrogen) atoms. The average Bonchev–Trinajstić information content (AvgIpc) is 2.27. The van der Waals surface area contributed by atoms with Gasteiger partial charge in [-0.2, -0.15) is 13.2 Å². The number of carbonyl (C=O) groups excluding carboxylic acids is 2. The lowest BCUT2D eigenvalue weighted by atomic mass is 10.2. The number of halogens is 3. The summed E-state index contributed by atoms with van der Waals surface area (Å²) in [5.74, 6) is -3.83. The Kier molecular flexibility index (Phi) is 4.17. The van der Waals surface area contributed by atoms with Gasteiger partial charge in [-0.1, -0.05) is 6.07 Å². The molecular formula is C10H7F3O3S. The molecule has 0 aliphatic heterocycles. The maximum atomic E-state index is 11.8. The molecule has 0 N–H and O–H groups in total. The fraction of sp³-hybridized carbons (Fsp3) is 0.200. The zero-order chi connectivity index (χ0) is 13.1. The van der Waals surface area contributed by atoms with Crippen molar-refractivity contribution in [2.24, 2.45) is 0 Å². The van der Waals surface area contributed by atoms with E-state index in [0.29, 0.717) is 4.90 Å². The minimum atomic E-state index is -5.17. The van der Waals surface area contributed by atoms with Crippen LogP contribution in [0.2, 0.25) is 0 Å². The van der Waals surface area contributed by atoms with Crippen LogP contribution in [0, 0.1) is 0 Å². The lowest BCUT2D eigenvalue weighted by Gasteiger charge is -2.06. The first kappa shape index (κ1) is 13.6. The highest BCUT2D eigenvalue weighted by Gasteiger charge is 2.42. The van der Waals surface area contributed by atoms with E-state index in [-0.39, 0.29) is 5.56 Å². The molecule has 0 unspecified atom stereocenters. The fourth-order valence-corrected chi connectivity index (χ4v) is 1.41. The summed E-state index contributed by atoms with van der Waals surface area (Å²) in [4.78, 5) is 22.3. The molecular weight excluding hydrogens is 257 g/mol. The number of hydrogen-bond acceptors (Lipinski definition) is 4. The first-order valence-corrected chi connectivity index (χ1v) is 5.54. The second-order valence-corrected chi connectivity index (χ2v) is 3.79. The molecule has 0 amide bonds. The Bertz CT molecular complexity index is 443. The standard InChI is InChI=1S/C10H7F3O3S/c1-17-7-4-2-3-6(5-7)8(14)16-9(15)10(11,12)13/h2-5H,1H3. The van der Waals surface area contributed by atoms with Crippen molar-refractivity contribution in [2.75, 3.05) is 6.26 Å². The molecule has 0 bridgehead atoms. The highest BCUT2D eigenvalue weighted by molar-refractivity contribution is 7.98. The third-order valence-electron chi connectivity index (χ3n) is 1.72. The largest absolute Gasteiger partial charge is 0.491 e. The second kappa shape index (κ2) is 5.22. The summed E-state index contributed by atoms with van der Waals surface area (Å²) in [6.07, 6.45) is -3.43. The van der Waals surface area contributed by atoms with Crippen molar-refractivity contribution >= 4 is 23.7 Å². The van der Waals surface area contributed by atoms with E-state index >= 15 is 0 Å². The van der Waals surface area contributed by atoms with Crippen LogP contribution in [0.15, 0.2) is 29.2 Å². The number of ether oxygens (including phenoxy) is 1. The van der Waals surface area contributed by atoms with Gasteiger partial charge < -0.3 is 4.74 Å². The van der Waals surface area contributed by atoms with Gasteiger partial charge >= 0.3 is 18.1 Å². The molecule has 0 aliphatic carbocycles. The molecule has 1 aromatic carbocycles. The van der Waals surface area contributed by atoms with Crippen molar-refractivity contribution in [2.45, 2.75) is 11.1 Å². The third-order valence-corrected chi connectivity index (χ3v) is 2.45. The van der Waals surface area contributed by atoms with Crippen LogP contribution in [0.25, 0.3) is 0 Å². The summed E-state index contributed by atoms with van der Waals surface area (Å²) in [5, 5.41) is 0. The van der Waals surface area contributed by atoms with Gasteiger partial charge in [0.05, 0.1) is 5.56 Å². The molecule has 0 aromatic heterocycles. The van der Waals surface area contributed by atoms with Gasteiger partial charge in [-0.15, -0.1) is 11.8 Å². The van der Waals surface area contributed by atoms with Crippen LogP contribution in [0.1, 0.15) is 10.4 Å². The Morgan fingerprint density at radius 2 is 1.94 bits per heavy atom. The smallest absolute Gasteiger partial charge is 0.383 e. The first-order chi connectivity index (χ1) is 7.84. The normalized spacial score (nSPS) is 11.1. The van der Waals surface area contributed by atoms with Crippen molar-refractivity contribution in [1.29, 1.82) is 0 Å². The van der Waals surface area contributed by atoms with Crippen molar-refractivity contribution in [3.63, 3.8) is 0 Å². The molecule has 0 saturated heterocycles. The minimum Gasteiger partial charge on any atom is -0.383 e. The van der Waals surface area contributed by atoms with Gasteiger partial charge in [0, 0.05) is 4.90 Å². The van der Waals surface area contributed by atoms with Gasteiger partial charge in [-0.05, 0) is 24.5 Å². The van der Waals surface area contributed by atoms with Gasteiger partial charge in [0.2, 0.25) is 0 Å². The summed E-state index contributed by atoms with van der Waals surface area (Å²) in [7, 11) is 0. The Hall–Kier alpha value is -1.50. The maximum absolute atomic E-state index is 11.8. The Balaban J connectivity index is 2.80. The van der Waals surface area contributed by atoms with E-state index in [4.69, 9.17) is 0 Å². The maximum Gasteiger partial charge on any atom is 0.491 e. The third kappa shape index (κ3) is 3.77. The number of benzene rings is 1. The second-order valence-electron chi connectivity index (χ2n) is 2.91. The van der Waals surface area contributed by atoms with E-state index in [1.165, 1.54) is 30.0 Å². The van der Waals surface area contributed by atoms with E-state index in [9.17, 15) is 22.8 Å². The summed E-state index contributed by atoms with van der Waals surface area (Å²) >= 11 is 1.31. The molecule has 0 heterocycles. The van der Waals surface area contributed by atoms with Gasteiger partial charge in [-0.25, -0.2) is 9.59 Å². The van der Waals surface area contributed by atoms with Gasteiger partial charge in [0.1, 0.15) is 0 Å². The van der Waals surface area contributed by atoms with Crippen LogP contribution in [-0.4, -0.2) is 24.4 Å². The van der Waals surface area contributed by atoms with Crippen LogP contribution in [0.5, 0.6) is 0 Å². The quantitative estimate of drug-likeness (QED) is 0.468. The summed E-state index contributed by atoms with van der Waals surface area (Å²) in [6.45, 7) is 0. The minimum absolute atomic E-state index is 0.102. The number of rotatable bonds is 2. The zero-order valence-electron chi connectivity index (χ0n) is 8.58. The van der Waals surface area contributed by atoms with E-state index in [1.54, 1.807) is 12.3 Å². The van der Waals surface area contributed by atoms with Gasteiger partial charge in [-0.3, -0.25) is 0 Å². The lowest BCUT2D eigenvalue weighted by molar-refractivity contribution is -0.193.